The zero-order valence-electron chi connectivity index (χ0n) is 16.4. The van der Waals surface area contributed by atoms with Crippen LogP contribution < -0.4 is 16.4 Å². The first kappa shape index (κ1) is 20.6. The van der Waals surface area contributed by atoms with E-state index in [1.807, 2.05) is 36.4 Å². The van der Waals surface area contributed by atoms with Crippen molar-refractivity contribution in [2.75, 3.05) is 11.9 Å². The van der Waals surface area contributed by atoms with Gasteiger partial charge in [0.1, 0.15) is 5.50 Å². The molecule has 1 aliphatic heterocycles. The largest absolute Gasteiger partial charge is 0.364 e. The normalized spacial score (nSPS) is 15.8. The summed E-state index contributed by atoms with van der Waals surface area (Å²) in [5.41, 5.74) is 7.11. The van der Waals surface area contributed by atoms with Crippen molar-refractivity contribution in [1.29, 1.82) is 0 Å². The molecule has 158 valence electrons. The number of thiol groups is 1. The number of carbonyl (C=O) groups is 3. The molecule has 1 saturated heterocycles. The molecule has 4 rings (SSSR count). The number of rotatable bonds is 6. The number of amides is 3. The number of hydrogen-bond donors (Lipinski definition) is 4. The van der Waals surface area contributed by atoms with Crippen molar-refractivity contribution in [2.24, 2.45) is 5.73 Å². The SMILES string of the molecule is NC(=O)c1nn(-c2ccccc2)cc1NC(=O)c1cccc(CN2C(=O)CNC2S)c1. The molecule has 9 nitrogen and oxygen atoms in total. The fourth-order valence-electron chi connectivity index (χ4n) is 3.26. The van der Waals surface area contributed by atoms with Crippen molar-refractivity contribution in [1.82, 2.24) is 20.0 Å². The van der Waals surface area contributed by atoms with Crippen molar-refractivity contribution in [2.45, 2.75) is 12.0 Å². The third kappa shape index (κ3) is 4.44. The summed E-state index contributed by atoms with van der Waals surface area (Å²) in [4.78, 5) is 38.2. The highest BCUT2D eigenvalue weighted by Crippen LogP contribution is 2.19. The second-order valence-corrected chi connectivity index (χ2v) is 7.46. The first-order valence-corrected chi connectivity index (χ1v) is 10.00. The Balaban J connectivity index is 1.55. The molecule has 2 heterocycles. The monoisotopic (exact) mass is 436 g/mol. The minimum Gasteiger partial charge on any atom is -0.364 e. The number of nitrogens with two attached hydrogens (primary N) is 1. The van der Waals surface area contributed by atoms with Crippen LogP contribution in [0.25, 0.3) is 5.69 Å². The van der Waals surface area contributed by atoms with Crippen LogP contribution in [0.5, 0.6) is 0 Å². The van der Waals surface area contributed by atoms with Gasteiger partial charge in [0, 0.05) is 12.1 Å². The van der Waals surface area contributed by atoms with E-state index in [0.29, 0.717) is 12.1 Å². The standard InChI is InChI=1S/C21H20N6O3S/c22-19(29)18-16(12-27(25-18)15-7-2-1-3-8-15)24-20(30)14-6-4-5-13(9-14)11-26-17(28)10-23-21(26)31/h1-9,12,21,23,31H,10-11H2,(H2,22,29)(H,24,30). The van der Waals surface area contributed by atoms with Crippen molar-refractivity contribution in [3.63, 3.8) is 0 Å². The third-order valence-electron chi connectivity index (χ3n) is 4.81. The van der Waals surface area contributed by atoms with Crippen LogP contribution >= 0.6 is 12.6 Å². The van der Waals surface area contributed by atoms with E-state index < -0.39 is 11.8 Å². The molecule has 10 heteroatoms. The lowest BCUT2D eigenvalue weighted by Crippen LogP contribution is -2.32. The molecule has 0 saturated carbocycles. The van der Waals surface area contributed by atoms with E-state index in [2.05, 4.69) is 28.4 Å². The number of primary amides is 1. The van der Waals surface area contributed by atoms with E-state index in [0.717, 1.165) is 11.3 Å². The number of anilines is 1. The lowest BCUT2D eigenvalue weighted by Gasteiger charge is -2.20. The number of para-hydroxylation sites is 1. The molecule has 1 atom stereocenters. The Hall–Kier alpha value is -3.63. The summed E-state index contributed by atoms with van der Waals surface area (Å²) in [5.74, 6) is -1.24. The lowest BCUT2D eigenvalue weighted by molar-refractivity contribution is -0.127. The van der Waals surface area contributed by atoms with Gasteiger partial charge in [-0.3, -0.25) is 19.7 Å². The topological polar surface area (TPSA) is 122 Å². The number of nitrogens with zero attached hydrogens (tertiary/aromatic N) is 3. The second kappa shape index (κ2) is 8.62. The van der Waals surface area contributed by atoms with Crippen LogP contribution in [0.4, 0.5) is 5.69 Å². The molecule has 2 aromatic carbocycles. The molecule has 3 aromatic rings. The van der Waals surface area contributed by atoms with Crippen LogP contribution in [0, 0.1) is 0 Å². The Bertz CT molecular complexity index is 1150. The van der Waals surface area contributed by atoms with Gasteiger partial charge in [0.25, 0.3) is 11.8 Å². The highest BCUT2D eigenvalue weighted by atomic mass is 32.1. The molecule has 1 aromatic heterocycles. The van der Waals surface area contributed by atoms with Gasteiger partial charge in [0.05, 0.1) is 24.1 Å². The average molecular weight is 436 g/mol. The highest BCUT2D eigenvalue weighted by molar-refractivity contribution is 7.80. The van der Waals surface area contributed by atoms with Crippen LogP contribution in [-0.2, 0) is 11.3 Å². The minimum absolute atomic E-state index is 0.0417. The zero-order valence-corrected chi connectivity index (χ0v) is 17.3. The van der Waals surface area contributed by atoms with Gasteiger partial charge in [0.15, 0.2) is 5.69 Å². The van der Waals surface area contributed by atoms with Gasteiger partial charge < -0.3 is 16.0 Å². The Morgan fingerprint density at radius 1 is 1.19 bits per heavy atom. The average Bonchev–Trinajstić information content (AvgIpc) is 3.33. The van der Waals surface area contributed by atoms with Gasteiger partial charge in [-0.1, -0.05) is 30.3 Å². The van der Waals surface area contributed by atoms with Gasteiger partial charge >= 0.3 is 0 Å². The van der Waals surface area contributed by atoms with Crippen LogP contribution in [0.3, 0.4) is 0 Å². The summed E-state index contributed by atoms with van der Waals surface area (Å²) in [6.45, 7) is 0.551. The fourth-order valence-corrected chi connectivity index (χ4v) is 3.57. The van der Waals surface area contributed by atoms with Crippen molar-refractivity contribution >= 4 is 36.0 Å². The smallest absolute Gasteiger partial charge is 0.271 e. The molecule has 1 aliphatic rings. The van der Waals surface area contributed by atoms with E-state index in [1.165, 1.54) is 10.9 Å². The summed E-state index contributed by atoms with van der Waals surface area (Å²) in [5, 5.41) is 9.85. The quantitative estimate of drug-likeness (QED) is 0.435. The van der Waals surface area contributed by atoms with E-state index in [4.69, 9.17) is 5.73 Å². The van der Waals surface area contributed by atoms with Gasteiger partial charge in [-0.15, -0.1) is 12.6 Å². The Morgan fingerprint density at radius 3 is 2.65 bits per heavy atom. The van der Waals surface area contributed by atoms with E-state index in [9.17, 15) is 14.4 Å². The summed E-state index contributed by atoms with van der Waals surface area (Å²) < 4.78 is 1.48. The number of benzene rings is 2. The molecule has 31 heavy (non-hydrogen) atoms. The maximum atomic E-state index is 12.8. The molecular formula is C21H20N6O3S. The fraction of sp³-hybridized carbons (Fsp3) is 0.143. The van der Waals surface area contributed by atoms with Gasteiger partial charge in [-0.2, -0.15) is 5.10 Å². The minimum atomic E-state index is -0.751. The van der Waals surface area contributed by atoms with Crippen LogP contribution in [0.1, 0.15) is 26.4 Å². The molecule has 1 fully saturated rings. The number of aromatic nitrogens is 2. The molecule has 0 aliphatic carbocycles. The Kier molecular flexibility index (Phi) is 5.74. The molecule has 1 unspecified atom stereocenters. The molecule has 4 N–H and O–H groups in total. The number of hydrogen-bond acceptors (Lipinski definition) is 6. The van der Waals surface area contributed by atoms with Crippen molar-refractivity contribution < 1.29 is 14.4 Å². The van der Waals surface area contributed by atoms with Crippen LogP contribution in [-0.4, -0.2) is 44.4 Å². The van der Waals surface area contributed by atoms with Gasteiger partial charge in [0.2, 0.25) is 5.91 Å². The summed E-state index contributed by atoms with van der Waals surface area (Å²) in [6.07, 6.45) is 1.54. The predicted molar refractivity (Wildman–Crippen MR) is 118 cm³/mol. The first-order valence-electron chi connectivity index (χ1n) is 9.48. The summed E-state index contributed by atoms with van der Waals surface area (Å²) >= 11 is 4.33. The first-order chi connectivity index (χ1) is 14.9. The van der Waals surface area contributed by atoms with Crippen molar-refractivity contribution in [3.8, 4) is 5.69 Å². The molecule has 0 bridgehead atoms. The summed E-state index contributed by atoms with van der Waals surface area (Å²) in [6, 6.07) is 16.0. The third-order valence-corrected chi connectivity index (χ3v) is 5.27. The maximum absolute atomic E-state index is 12.8. The summed E-state index contributed by atoms with van der Waals surface area (Å²) in [7, 11) is 0. The lowest BCUT2D eigenvalue weighted by atomic mass is 10.1. The highest BCUT2D eigenvalue weighted by Gasteiger charge is 2.27. The van der Waals surface area contributed by atoms with E-state index in [-0.39, 0.29) is 29.3 Å². The van der Waals surface area contributed by atoms with Crippen LogP contribution in [0.15, 0.2) is 60.8 Å². The molecular weight excluding hydrogens is 416 g/mol. The van der Waals surface area contributed by atoms with Gasteiger partial charge in [-0.25, -0.2) is 4.68 Å². The molecule has 0 radical (unpaired) electrons. The Labute approximate surface area is 183 Å². The molecule has 3 amide bonds. The van der Waals surface area contributed by atoms with E-state index in [1.54, 1.807) is 23.1 Å². The molecule has 0 spiro atoms. The number of carbonyl (C=O) groups excluding carboxylic acids is 3. The Morgan fingerprint density at radius 2 is 1.97 bits per heavy atom. The maximum Gasteiger partial charge on any atom is 0.271 e. The number of nitrogens with one attached hydrogen (secondary N) is 2. The predicted octanol–water partition coefficient (Wildman–Crippen LogP) is 1.37. The van der Waals surface area contributed by atoms with Crippen LogP contribution in [0.2, 0.25) is 0 Å². The second-order valence-electron chi connectivity index (χ2n) is 6.97. The van der Waals surface area contributed by atoms with E-state index >= 15 is 0 Å². The van der Waals surface area contributed by atoms with Gasteiger partial charge in [-0.05, 0) is 29.8 Å². The zero-order chi connectivity index (χ0) is 22.0. The van der Waals surface area contributed by atoms with Crippen molar-refractivity contribution in [3.05, 3.63) is 77.6 Å².